The molecule has 1 fully saturated rings. The number of aliphatic hydroxyl groups is 1. The average molecular weight is 318 g/mol. The standard InChI is InChI=1S/C18H30N4O/c1-3-19-18(22-13-10-17(23)15-22)20-11-7-12-21(2)14-16-8-5-4-6-9-16/h4-6,8-9,17,23H,3,7,10-15H2,1-2H3,(H,19,20)/t17-/m1/s1. The van der Waals surface area contributed by atoms with Gasteiger partial charge in [-0.2, -0.15) is 0 Å². The van der Waals surface area contributed by atoms with E-state index in [0.29, 0.717) is 6.54 Å². The van der Waals surface area contributed by atoms with E-state index in [1.165, 1.54) is 5.56 Å². The van der Waals surface area contributed by atoms with Crippen LogP contribution in [0.3, 0.4) is 0 Å². The third-order valence-corrected chi connectivity index (χ3v) is 4.05. The summed E-state index contributed by atoms with van der Waals surface area (Å²) >= 11 is 0. The SMILES string of the molecule is CCNC(=NCCCN(C)Cc1ccccc1)N1CC[C@@H](O)C1. The summed E-state index contributed by atoms with van der Waals surface area (Å²) < 4.78 is 0. The number of hydrogen-bond acceptors (Lipinski definition) is 3. The van der Waals surface area contributed by atoms with Crippen molar-refractivity contribution in [1.29, 1.82) is 0 Å². The van der Waals surface area contributed by atoms with Crippen LogP contribution in [0.25, 0.3) is 0 Å². The number of guanidine groups is 1. The Morgan fingerprint density at radius 2 is 2.17 bits per heavy atom. The largest absolute Gasteiger partial charge is 0.391 e. The van der Waals surface area contributed by atoms with E-state index in [-0.39, 0.29) is 6.10 Å². The minimum absolute atomic E-state index is 0.212. The van der Waals surface area contributed by atoms with Gasteiger partial charge in [-0.05, 0) is 38.9 Å². The van der Waals surface area contributed by atoms with E-state index in [9.17, 15) is 5.11 Å². The molecule has 128 valence electrons. The van der Waals surface area contributed by atoms with Gasteiger partial charge in [0, 0.05) is 32.7 Å². The molecule has 2 N–H and O–H groups in total. The topological polar surface area (TPSA) is 51.1 Å². The molecule has 0 aliphatic carbocycles. The first kappa shape index (κ1) is 17.8. The first-order chi connectivity index (χ1) is 11.2. The Kier molecular flexibility index (Phi) is 7.36. The summed E-state index contributed by atoms with van der Waals surface area (Å²) in [5.74, 6) is 0.940. The maximum Gasteiger partial charge on any atom is 0.194 e. The lowest BCUT2D eigenvalue weighted by Gasteiger charge is -2.21. The molecule has 0 radical (unpaired) electrons. The van der Waals surface area contributed by atoms with Gasteiger partial charge in [0.05, 0.1) is 6.10 Å². The van der Waals surface area contributed by atoms with E-state index in [1.807, 2.05) is 0 Å². The van der Waals surface area contributed by atoms with Gasteiger partial charge in [0.25, 0.3) is 0 Å². The second-order valence-electron chi connectivity index (χ2n) is 6.20. The van der Waals surface area contributed by atoms with Crippen molar-refractivity contribution in [2.45, 2.75) is 32.4 Å². The molecule has 1 aromatic carbocycles. The summed E-state index contributed by atoms with van der Waals surface area (Å²) in [6, 6.07) is 10.5. The molecule has 1 heterocycles. The number of rotatable bonds is 7. The maximum absolute atomic E-state index is 9.67. The van der Waals surface area contributed by atoms with E-state index < -0.39 is 0 Å². The first-order valence-corrected chi connectivity index (χ1v) is 8.63. The Morgan fingerprint density at radius 1 is 1.39 bits per heavy atom. The number of hydrogen-bond donors (Lipinski definition) is 2. The van der Waals surface area contributed by atoms with Crippen molar-refractivity contribution in [3.63, 3.8) is 0 Å². The number of nitrogens with zero attached hydrogens (tertiary/aromatic N) is 3. The van der Waals surface area contributed by atoms with Crippen molar-refractivity contribution in [2.75, 3.05) is 39.8 Å². The predicted octanol–water partition coefficient (Wildman–Crippen LogP) is 1.54. The quantitative estimate of drug-likeness (QED) is 0.455. The lowest BCUT2D eigenvalue weighted by Crippen LogP contribution is -2.40. The summed E-state index contributed by atoms with van der Waals surface area (Å²) in [6.45, 7) is 7.34. The molecule has 2 rings (SSSR count). The number of aliphatic hydroxyl groups excluding tert-OH is 1. The number of likely N-dealkylation sites (tertiary alicyclic amines) is 1. The summed E-state index contributed by atoms with van der Waals surface area (Å²) in [5, 5.41) is 13.0. The van der Waals surface area contributed by atoms with Gasteiger partial charge in [0.2, 0.25) is 0 Å². The van der Waals surface area contributed by atoms with Crippen LogP contribution in [0.5, 0.6) is 0 Å². The highest BCUT2D eigenvalue weighted by molar-refractivity contribution is 5.80. The molecule has 0 spiro atoms. The fraction of sp³-hybridized carbons (Fsp3) is 0.611. The van der Waals surface area contributed by atoms with Crippen LogP contribution in [0.2, 0.25) is 0 Å². The molecule has 0 bridgehead atoms. The zero-order valence-electron chi connectivity index (χ0n) is 14.4. The molecule has 1 aliphatic rings. The Morgan fingerprint density at radius 3 is 2.83 bits per heavy atom. The van der Waals surface area contributed by atoms with Crippen LogP contribution in [0.4, 0.5) is 0 Å². The molecular weight excluding hydrogens is 288 g/mol. The highest BCUT2D eigenvalue weighted by Crippen LogP contribution is 2.09. The smallest absolute Gasteiger partial charge is 0.194 e. The van der Waals surface area contributed by atoms with Gasteiger partial charge in [0.1, 0.15) is 0 Å². The van der Waals surface area contributed by atoms with Crippen LogP contribution in [0.1, 0.15) is 25.3 Å². The van der Waals surface area contributed by atoms with Gasteiger partial charge >= 0.3 is 0 Å². The summed E-state index contributed by atoms with van der Waals surface area (Å²) in [4.78, 5) is 9.19. The number of benzene rings is 1. The normalized spacial score (nSPS) is 18.7. The van der Waals surface area contributed by atoms with Crippen molar-refractivity contribution in [3.05, 3.63) is 35.9 Å². The Hall–Kier alpha value is -1.59. The van der Waals surface area contributed by atoms with E-state index in [0.717, 1.165) is 51.5 Å². The summed E-state index contributed by atoms with van der Waals surface area (Å²) in [7, 11) is 2.15. The predicted molar refractivity (Wildman–Crippen MR) is 95.6 cm³/mol. The number of nitrogens with one attached hydrogen (secondary N) is 1. The van der Waals surface area contributed by atoms with Gasteiger partial charge in [0.15, 0.2) is 5.96 Å². The van der Waals surface area contributed by atoms with Crippen molar-refractivity contribution >= 4 is 5.96 Å². The van der Waals surface area contributed by atoms with Crippen molar-refractivity contribution in [1.82, 2.24) is 15.1 Å². The Bertz CT molecular complexity index is 477. The zero-order valence-corrected chi connectivity index (χ0v) is 14.4. The molecular formula is C18H30N4O. The van der Waals surface area contributed by atoms with Crippen LogP contribution in [-0.4, -0.2) is 66.7 Å². The Labute approximate surface area is 140 Å². The average Bonchev–Trinajstić information content (AvgIpc) is 2.98. The van der Waals surface area contributed by atoms with E-state index >= 15 is 0 Å². The number of aliphatic imine (C=N–C) groups is 1. The molecule has 0 saturated carbocycles. The van der Waals surface area contributed by atoms with Crippen molar-refractivity contribution < 1.29 is 5.11 Å². The van der Waals surface area contributed by atoms with Crippen LogP contribution in [-0.2, 0) is 6.54 Å². The molecule has 1 aliphatic heterocycles. The molecule has 0 amide bonds. The van der Waals surface area contributed by atoms with Gasteiger partial charge in [-0.1, -0.05) is 30.3 Å². The monoisotopic (exact) mass is 318 g/mol. The first-order valence-electron chi connectivity index (χ1n) is 8.63. The summed E-state index contributed by atoms with van der Waals surface area (Å²) in [6.07, 6.45) is 1.66. The zero-order chi connectivity index (χ0) is 16.5. The van der Waals surface area contributed by atoms with Gasteiger partial charge < -0.3 is 20.2 Å². The second-order valence-corrected chi connectivity index (χ2v) is 6.20. The van der Waals surface area contributed by atoms with Crippen LogP contribution >= 0.6 is 0 Å². The minimum Gasteiger partial charge on any atom is -0.391 e. The third-order valence-electron chi connectivity index (χ3n) is 4.05. The fourth-order valence-electron chi connectivity index (χ4n) is 2.86. The lowest BCUT2D eigenvalue weighted by molar-refractivity contribution is 0.188. The molecule has 23 heavy (non-hydrogen) atoms. The summed E-state index contributed by atoms with van der Waals surface area (Å²) in [5.41, 5.74) is 1.35. The van der Waals surface area contributed by atoms with Crippen molar-refractivity contribution in [2.24, 2.45) is 4.99 Å². The highest BCUT2D eigenvalue weighted by Gasteiger charge is 2.22. The molecule has 0 unspecified atom stereocenters. The molecule has 1 saturated heterocycles. The Balaban J connectivity index is 1.73. The number of β-amino-alcohol motifs (C(OH)–C–C–N with tert-alkyl or cyclic N) is 1. The maximum atomic E-state index is 9.67. The van der Waals surface area contributed by atoms with Crippen LogP contribution in [0.15, 0.2) is 35.3 Å². The lowest BCUT2D eigenvalue weighted by atomic mass is 10.2. The third kappa shape index (κ3) is 6.20. The van der Waals surface area contributed by atoms with Crippen LogP contribution < -0.4 is 5.32 Å². The van der Waals surface area contributed by atoms with Crippen molar-refractivity contribution in [3.8, 4) is 0 Å². The van der Waals surface area contributed by atoms with Gasteiger partial charge in [-0.3, -0.25) is 4.99 Å². The van der Waals surface area contributed by atoms with E-state index in [1.54, 1.807) is 0 Å². The molecule has 5 heteroatoms. The van der Waals surface area contributed by atoms with E-state index in [2.05, 4.69) is 59.4 Å². The highest BCUT2D eigenvalue weighted by atomic mass is 16.3. The van der Waals surface area contributed by atoms with Gasteiger partial charge in [-0.25, -0.2) is 0 Å². The molecule has 1 atom stereocenters. The molecule has 1 aromatic rings. The molecule has 0 aromatic heterocycles. The minimum atomic E-state index is -0.212. The van der Waals surface area contributed by atoms with Gasteiger partial charge in [-0.15, -0.1) is 0 Å². The second kappa shape index (κ2) is 9.53. The molecule has 5 nitrogen and oxygen atoms in total. The van der Waals surface area contributed by atoms with Crippen LogP contribution in [0, 0.1) is 0 Å². The van der Waals surface area contributed by atoms with E-state index in [4.69, 9.17) is 4.99 Å². The fourth-order valence-corrected chi connectivity index (χ4v) is 2.86.